The van der Waals surface area contributed by atoms with E-state index in [1.807, 2.05) is 90.4 Å². The number of ether oxygens (including phenoxy) is 2. The highest BCUT2D eigenvalue weighted by atomic mass is 16.6. The van der Waals surface area contributed by atoms with Gasteiger partial charge in [0.1, 0.15) is 34.6 Å². The van der Waals surface area contributed by atoms with Crippen LogP contribution in [0.5, 0.6) is 11.5 Å². The minimum atomic E-state index is -0.501. The molecule has 1 N–H and O–H groups in total. The number of carbonyl (C=O) groups excluding carboxylic acids is 1. The second-order valence-corrected chi connectivity index (χ2v) is 11.6. The largest absolute Gasteiger partial charge is 0.457 e. The van der Waals surface area contributed by atoms with Crippen LogP contribution in [0.15, 0.2) is 67.5 Å². The van der Waals surface area contributed by atoms with E-state index in [0.29, 0.717) is 13.1 Å². The molecule has 1 saturated heterocycles. The molecule has 0 aliphatic carbocycles. The zero-order chi connectivity index (χ0) is 29.3. The summed E-state index contributed by atoms with van der Waals surface area (Å²) in [5, 5.41) is 7.92. The molecule has 0 atom stereocenters. The summed E-state index contributed by atoms with van der Waals surface area (Å²) in [5.41, 5.74) is 4.27. The molecule has 0 unspecified atom stereocenters. The standard InChI is InChI=1S/C31H36N8O3/c1-22-18-24(6-7-26(22)41-25-9-13-37-15-10-32-27(37)19-25)35-29-28-23(8-14-39(28)34-21-33-29)20-36-11-5-12-38(17-16-36)30(40)42-31(2,3)4/h6-10,13-15,18-19,21H,5,11-12,16-17,20H2,1-4H3,(H,33,34,35). The molecule has 42 heavy (non-hydrogen) atoms. The molecule has 6 rings (SSSR count). The van der Waals surface area contributed by atoms with E-state index in [-0.39, 0.29) is 6.09 Å². The van der Waals surface area contributed by atoms with Gasteiger partial charge in [0.15, 0.2) is 5.82 Å². The second-order valence-electron chi connectivity index (χ2n) is 11.6. The van der Waals surface area contributed by atoms with E-state index >= 15 is 0 Å². The monoisotopic (exact) mass is 568 g/mol. The smallest absolute Gasteiger partial charge is 0.410 e. The van der Waals surface area contributed by atoms with Crippen molar-refractivity contribution in [2.24, 2.45) is 0 Å². The molecule has 11 heteroatoms. The van der Waals surface area contributed by atoms with E-state index in [9.17, 15) is 4.79 Å². The number of hydrogen-bond acceptors (Lipinski definition) is 8. The Morgan fingerprint density at radius 3 is 2.71 bits per heavy atom. The van der Waals surface area contributed by atoms with Gasteiger partial charge in [0, 0.05) is 69.3 Å². The first-order valence-corrected chi connectivity index (χ1v) is 14.2. The van der Waals surface area contributed by atoms with Gasteiger partial charge in [-0.25, -0.2) is 19.3 Å². The number of nitrogens with one attached hydrogen (secondary N) is 1. The van der Waals surface area contributed by atoms with Crippen molar-refractivity contribution >= 4 is 28.8 Å². The molecular weight excluding hydrogens is 532 g/mol. The number of hydrogen-bond donors (Lipinski definition) is 1. The van der Waals surface area contributed by atoms with Gasteiger partial charge in [-0.1, -0.05) is 0 Å². The van der Waals surface area contributed by atoms with E-state index in [2.05, 4.69) is 31.3 Å². The fourth-order valence-corrected chi connectivity index (χ4v) is 5.18. The van der Waals surface area contributed by atoms with Crippen LogP contribution >= 0.6 is 0 Å². The van der Waals surface area contributed by atoms with Crippen molar-refractivity contribution in [3.63, 3.8) is 0 Å². The first-order chi connectivity index (χ1) is 20.2. The third kappa shape index (κ3) is 6.15. The van der Waals surface area contributed by atoms with Crippen molar-refractivity contribution in [2.75, 3.05) is 31.5 Å². The third-order valence-electron chi connectivity index (χ3n) is 7.21. The maximum absolute atomic E-state index is 12.6. The normalized spacial score (nSPS) is 14.7. The highest BCUT2D eigenvalue weighted by Crippen LogP contribution is 2.30. The molecule has 0 spiro atoms. The molecule has 4 aromatic heterocycles. The number of anilines is 2. The van der Waals surface area contributed by atoms with Gasteiger partial charge in [-0.05, 0) is 75.6 Å². The summed E-state index contributed by atoms with van der Waals surface area (Å²) in [6.45, 7) is 11.4. The molecule has 1 aliphatic heterocycles. The Morgan fingerprint density at radius 1 is 1.00 bits per heavy atom. The van der Waals surface area contributed by atoms with Gasteiger partial charge in [0.2, 0.25) is 0 Å². The molecule has 5 aromatic rings. The van der Waals surface area contributed by atoms with E-state index in [0.717, 1.165) is 71.4 Å². The van der Waals surface area contributed by atoms with Crippen LogP contribution in [0.3, 0.4) is 0 Å². The van der Waals surface area contributed by atoms with Crippen LogP contribution in [0.25, 0.3) is 11.2 Å². The quantitative estimate of drug-likeness (QED) is 0.280. The lowest BCUT2D eigenvalue weighted by Gasteiger charge is -2.26. The van der Waals surface area contributed by atoms with Crippen LogP contribution in [0, 0.1) is 6.92 Å². The molecule has 0 saturated carbocycles. The van der Waals surface area contributed by atoms with Gasteiger partial charge in [0.25, 0.3) is 0 Å². The number of benzene rings is 1. The summed E-state index contributed by atoms with van der Waals surface area (Å²) in [5.74, 6) is 2.23. The summed E-state index contributed by atoms with van der Waals surface area (Å²) in [6.07, 6.45) is 9.75. The molecule has 1 fully saturated rings. The lowest BCUT2D eigenvalue weighted by molar-refractivity contribution is 0.0257. The van der Waals surface area contributed by atoms with Crippen molar-refractivity contribution in [1.82, 2.24) is 33.8 Å². The van der Waals surface area contributed by atoms with Crippen molar-refractivity contribution in [3.8, 4) is 11.5 Å². The number of pyridine rings is 1. The average molecular weight is 569 g/mol. The second kappa shape index (κ2) is 11.3. The van der Waals surface area contributed by atoms with Crippen LogP contribution in [-0.2, 0) is 11.3 Å². The Hall–Kier alpha value is -4.64. The minimum Gasteiger partial charge on any atom is -0.457 e. The Balaban J connectivity index is 1.15. The van der Waals surface area contributed by atoms with Crippen LogP contribution in [-0.4, -0.2) is 71.7 Å². The van der Waals surface area contributed by atoms with E-state index in [4.69, 9.17) is 9.47 Å². The topological polar surface area (TPSA) is 102 Å². The number of amides is 1. The molecular formula is C31H36N8O3. The predicted molar refractivity (Wildman–Crippen MR) is 160 cm³/mol. The van der Waals surface area contributed by atoms with E-state index in [1.54, 1.807) is 12.5 Å². The average Bonchev–Trinajstić information content (AvgIpc) is 3.50. The van der Waals surface area contributed by atoms with Crippen molar-refractivity contribution in [1.29, 1.82) is 0 Å². The summed E-state index contributed by atoms with van der Waals surface area (Å²) in [6, 6.07) is 11.9. The SMILES string of the molecule is Cc1cc(Nc2ncnn3ccc(CN4CCCN(C(=O)OC(C)(C)C)CC4)c23)ccc1Oc1ccn2ccnc2c1. The predicted octanol–water partition coefficient (Wildman–Crippen LogP) is 5.66. The summed E-state index contributed by atoms with van der Waals surface area (Å²) >= 11 is 0. The van der Waals surface area contributed by atoms with Gasteiger partial charge in [-0.2, -0.15) is 5.10 Å². The summed E-state index contributed by atoms with van der Waals surface area (Å²) in [4.78, 5) is 25.7. The molecule has 5 heterocycles. The van der Waals surface area contributed by atoms with Gasteiger partial charge in [-0.15, -0.1) is 0 Å². The summed E-state index contributed by atoms with van der Waals surface area (Å²) in [7, 11) is 0. The number of aryl methyl sites for hydroxylation is 1. The van der Waals surface area contributed by atoms with Gasteiger partial charge in [-0.3, -0.25) is 4.90 Å². The number of nitrogens with zero attached hydrogens (tertiary/aromatic N) is 7. The highest BCUT2D eigenvalue weighted by Gasteiger charge is 2.25. The molecule has 0 bridgehead atoms. The minimum absolute atomic E-state index is 0.246. The lowest BCUT2D eigenvalue weighted by atomic mass is 10.2. The number of fused-ring (bicyclic) bond motifs is 2. The van der Waals surface area contributed by atoms with Crippen LogP contribution in [0.1, 0.15) is 38.3 Å². The Kier molecular flexibility index (Phi) is 7.42. The maximum atomic E-state index is 12.6. The first-order valence-electron chi connectivity index (χ1n) is 14.2. The number of imidazole rings is 1. The Bertz CT molecular complexity index is 1720. The fourth-order valence-electron chi connectivity index (χ4n) is 5.18. The van der Waals surface area contributed by atoms with Crippen LogP contribution in [0.2, 0.25) is 0 Å². The van der Waals surface area contributed by atoms with Crippen LogP contribution < -0.4 is 10.1 Å². The fraction of sp³-hybridized carbons (Fsp3) is 0.355. The first kappa shape index (κ1) is 27.5. The van der Waals surface area contributed by atoms with Crippen molar-refractivity contribution in [3.05, 3.63) is 78.6 Å². The molecule has 1 amide bonds. The maximum Gasteiger partial charge on any atom is 0.410 e. The summed E-state index contributed by atoms with van der Waals surface area (Å²) < 4.78 is 15.5. The van der Waals surface area contributed by atoms with Gasteiger partial charge >= 0.3 is 6.09 Å². The molecule has 1 aliphatic rings. The van der Waals surface area contributed by atoms with Crippen LogP contribution in [0.4, 0.5) is 16.3 Å². The van der Waals surface area contributed by atoms with Crippen molar-refractivity contribution in [2.45, 2.75) is 46.3 Å². The number of aromatic nitrogens is 5. The molecule has 1 aromatic carbocycles. The van der Waals surface area contributed by atoms with E-state index in [1.165, 1.54) is 0 Å². The van der Waals surface area contributed by atoms with Gasteiger partial charge in [0.05, 0.1) is 0 Å². The molecule has 11 nitrogen and oxygen atoms in total. The number of rotatable bonds is 6. The lowest BCUT2D eigenvalue weighted by Crippen LogP contribution is -2.39. The number of carbonyl (C=O) groups is 1. The Labute approximate surface area is 244 Å². The highest BCUT2D eigenvalue weighted by molar-refractivity contribution is 5.77. The third-order valence-corrected chi connectivity index (χ3v) is 7.21. The zero-order valence-corrected chi connectivity index (χ0v) is 24.4. The Morgan fingerprint density at radius 2 is 1.88 bits per heavy atom. The van der Waals surface area contributed by atoms with Gasteiger partial charge < -0.3 is 24.1 Å². The molecule has 218 valence electrons. The molecule has 0 radical (unpaired) electrons. The van der Waals surface area contributed by atoms with E-state index < -0.39 is 5.60 Å². The zero-order valence-electron chi connectivity index (χ0n) is 24.4. The van der Waals surface area contributed by atoms with Crippen molar-refractivity contribution < 1.29 is 14.3 Å².